The van der Waals surface area contributed by atoms with E-state index in [1.165, 1.54) is 11.3 Å². The Morgan fingerprint density at radius 1 is 1.41 bits per heavy atom. The van der Waals surface area contributed by atoms with Crippen LogP contribution in [0.25, 0.3) is 6.08 Å². The molecule has 0 saturated carbocycles. The molecular weight excluding hydrogens is 388 g/mol. The Labute approximate surface area is 172 Å². The van der Waals surface area contributed by atoms with Crippen LogP contribution in [0.2, 0.25) is 0 Å². The molecule has 1 aliphatic rings. The number of carbonyl (C=O) groups is 1. The summed E-state index contributed by atoms with van der Waals surface area (Å²) in [5.41, 5.74) is 1.63. The zero-order valence-electron chi connectivity index (χ0n) is 16.3. The lowest BCUT2D eigenvalue weighted by molar-refractivity contribution is -0.126. The highest BCUT2D eigenvalue weighted by molar-refractivity contribution is 7.15. The Balaban J connectivity index is 1.53. The van der Waals surface area contributed by atoms with Crippen molar-refractivity contribution >= 4 is 34.3 Å². The zero-order chi connectivity index (χ0) is 20.2. The van der Waals surface area contributed by atoms with Crippen LogP contribution in [0.3, 0.4) is 0 Å². The van der Waals surface area contributed by atoms with Crippen molar-refractivity contribution in [2.45, 2.75) is 39.2 Å². The van der Waals surface area contributed by atoms with E-state index in [1.807, 2.05) is 24.8 Å². The van der Waals surface area contributed by atoms with Crippen LogP contribution < -0.4 is 5.32 Å². The maximum Gasteiger partial charge on any atom is 0.247 e. The first-order valence-electron chi connectivity index (χ1n) is 9.54. The third-order valence-corrected chi connectivity index (χ3v) is 5.65. The molecule has 2 N–H and O–H groups in total. The highest BCUT2D eigenvalue weighted by atomic mass is 32.1. The summed E-state index contributed by atoms with van der Waals surface area (Å²) in [5.74, 6) is 1.28. The zero-order valence-corrected chi connectivity index (χ0v) is 17.1. The second-order valence-corrected chi connectivity index (χ2v) is 7.80. The van der Waals surface area contributed by atoms with Gasteiger partial charge in [0.2, 0.25) is 11.0 Å². The molecule has 0 radical (unpaired) electrons. The van der Waals surface area contributed by atoms with Crippen molar-refractivity contribution in [2.24, 2.45) is 0 Å². The Morgan fingerprint density at radius 2 is 2.31 bits per heavy atom. The molecular formula is C19H22N8OS. The number of hydrogen-bond acceptors (Lipinski definition) is 8. The molecule has 1 saturated heterocycles. The number of hydrogen-bond donors (Lipinski definition) is 2. The minimum absolute atomic E-state index is 0.0374. The molecule has 1 amide bonds. The highest BCUT2D eigenvalue weighted by Crippen LogP contribution is 2.32. The highest BCUT2D eigenvalue weighted by Gasteiger charge is 2.30. The van der Waals surface area contributed by atoms with Crippen molar-refractivity contribution in [1.82, 2.24) is 35.0 Å². The van der Waals surface area contributed by atoms with Crippen LogP contribution in [0, 0.1) is 6.92 Å². The molecule has 1 atom stereocenters. The number of nitrogens with one attached hydrogen (secondary N) is 2. The minimum Gasteiger partial charge on any atom is -0.345 e. The van der Waals surface area contributed by atoms with Gasteiger partial charge in [0.25, 0.3) is 0 Å². The number of aryl methyl sites for hydroxylation is 2. The molecule has 0 aromatic carbocycles. The second kappa shape index (κ2) is 8.48. The molecule has 0 unspecified atom stereocenters. The quantitative estimate of drug-likeness (QED) is 0.601. The molecule has 0 bridgehead atoms. The number of anilines is 2. The fourth-order valence-electron chi connectivity index (χ4n) is 3.33. The van der Waals surface area contributed by atoms with Crippen LogP contribution in [0.5, 0.6) is 0 Å². The number of rotatable bonds is 6. The van der Waals surface area contributed by atoms with E-state index in [0.717, 1.165) is 35.7 Å². The number of nitrogens with zero attached hydrogens (tertiary/aromatic N) is 6. The average molecular weight is 411 g/mol. The van der Waals surface area contributed by atoms with Gasteiger partial charge in [0, 0.05) is 18.7 Å². The number of H-pyrrole nitrogens is 1. The molecule has 4 rings (SSSR count). The van der Waals surface area contributed by atoms with Crippen molar-refractivity contribution in [1.29, 1.82) is 0 Å². The normalized spacial score (nSPS) is 16.6. The first-order chi connectivity index (χ1) is 14.1. The third kappa shape index (κ3) is 4.48. The summed E-state index contributed by atoms with van der Waals surface area (Å²) in [6.45, 7) is 4.61. The maximum atomic E-state index is 12.8. The van der Waals surface area contributed by atoms with Gasteiger partial charge in [-0.05, 0) is 32.3 Å². The van der Waals surface area contributed by atoms with Gasteiger partial charge >= 0.3 is 0 Å². The van der Waals surface area contributed by atoms with Gasteiger partial charge in [-0.1, -0.05) is 18.3 Å². The number of imidazole rings is 1. The lowest BCUT2D eigenvalue weighted by Gasteiger charge is -2.23. The first-order valence-corrected chi connectivity index (χ1v) is 10.4. The maximum absolute atomic E-state index is 12.8. The third-order valence-electron chi connectivity index (χ3n) is 4.66. The minimum atomic E-state index is -0.0724. The number of likely N-dealkylation sites (tertiary alicyclic amines) is 1. The van der Waals surface area contributed by atoms with Crippen molar-refractivity contribution < 1.29 is 4.79 Å². The Bertz CT molecular complexity index is 1010. The molecule has 29 heavy (non-hydrogen) atoms. The molecule has 150 valence electrons. The van der Waals surface area contributed by atoms with Crippen LogP contribution >= 0.6 is 11.3 Å². The summed E-state index contributed by atoms with van der Waals surface area (Å²) in [5, 5.41) is 13.2. The van der Waals surface area contributed by atoms with Gasteiger partial charge in [-0.25, -0.2) is 15.0 Å². The van der Waals surface area contributed by atoms with Crippen LogP contribution in [0.1, 0.15) is 48.0 Å². The standard InChI is InChI=1S/C19H22N8OS/c1-3-17-25-26-19(29-17)24-16-9-14(22-12(2)23-16)15-5-4-8-27(15)18(28)7-6-13-10-20-11-21-13/h6-7,9-11,15H,3-5,8H2,1-2H3,(H,20,21)(H,22,23,24,26)/b7-6+/t15-/m0/s1. The molecule has 4 heterocycles. The van der Waals surface area contributed by atoms with Crippen molar-refractivity contribution in [3.8, 4) is 0 Å². The van der Waals surface area contributed by atoms with Gasteiger partial charge in [0.1, 0.15) is 16.6 Å². The number of amides is 1. The Kier molecular flexibility index (Phi) is 5.61. The van der Waals surface area contributed by atoms with E-state index >= 15 is 0 Å². The molecule has 9 nitrogen and oxygen atoms in total. The summed E-state index contributed by atoms with van der Waals surface area (Å²) < 4.78 is 0. The lowest BCUT2D eigenvalue weighted by Crippen LogP contribution is -2.29. The lowest BCUT2D eigenvalue weighted by atomic mass is 10.1. The van der Waals surface area contributed by atoms with E-state index in [1.54, 1.807) is 24.7 Å². The van der Waals surface area contributed by atoms with E-state index in [2.05, 4.69) is 35.5 Å². The fourth-order valence-corrected chi connectivity index (χ4v) is 4.02. The molecule has 0 spiro atoms. The van der Waals surface area contributed by atoms with E-state index < -0.39 is 0 Å². The summed E-state index contributed by atoms with van der Waals surface area (Å²) >= 11 is 1.51. The van der Waals surface area contributed by atoms with E-state index in [0.29, 0.717) is 23.3 Å². The fraction of sp³-hybridized carbons (Fsp3) is 0.368. The summed E-state index contributed by atoms with van der Waals surface area (Å²) in [4.78, 5) is 30.6. The van der Waals surface area contributed by atoms with Crippen molar-refractivity contribution in [2.75, 3.05) is 11.9 Å². The second-order valence-electron chi connectivity index (χ2n) is 6.73. The van der Waals surface area contributed by atoms with Crippen molar-refractivity contribution in [3.63, 3.8) is 0 Å². The smallest absolute Gasteiger partial charge is 0.247 e. The summed E-state index contributed by atoms with van der Waals surface area (Å²) in [6.07, 6.45) is 9.24. The molecule has 3 aromatic rings. The van der Waals surface area contributed by atoms with Gasteiger partial charge in [0.15, 0.2) is 0 Å². The van der Waals surface area contributed by atoms with Gasteiger partial charge in [0.05, 0.1) is 30.0 Å². The average Bonchev–Trinajstić information content (AvgIpc) is 3.46. The van der Waals surface area contributed by atoms with Crippen LogP contribution in [0.4, 0.5) is 10.9 Å². The molecule has 0 aliphatic carbocycles. The summed E-state index contributed by atoms with van der Waals surface area (Å²) in [6, 6.07) is 1.83. The van der Waals surface area contributed by atoms with Crippen LogP contribution in [-0.4, -0.2) is 47.5 Å². The monoisotopic (exact) mass is 410 g/mol. The largest absolute Gasteiger partial charge is 0.345 e. The van der Waals surface area contributed by atoms with Gasteiger partial charge in [-0.3, -0.25) is 4.79 Å². The van der Waals surface area contributed by atoms with Crippen LogP contribution in [0.15, 0.2) is 24.7 Å². The Morgan fingerprint density at radius 3 is 3.07 bits per heavy atom. The number of aromatic nitrogens is 6. The summed E-state index contributed by atoms with van der Waals surface area (Å²) in [7, 11) is 0. The van der Waals surface area contributed by atoms with E-state index in [-0.39, 0.29) is 11.9 Å². The van der Waals surface area contributed by atoms with Gasteiger partial charge in [-0.2, -0.15) is 0 Å². The first kappa shape index (κ1) is 19.2. The van der Waals surface area contributed by atoms with Gasteiger partial charge in [-0.15, -0.1) is 10.2 Å². The predicted molar refractivity (Wildman–Crippen MR) is 111 cm³/mol. The molecule has 10 heteroatoms. The molecule has 3 aromatic heterocycles. The predicted octanol–water partition coefficient (Wildman–Crippen LogP) is 3.04. The van der Waals surface area contributed by atoms with Crippen molar-refractivity contribution in [3.05, 3.63) is 46.9 Å². The molecule has 1 aliphatic heterocycles. The number of aromatic amines is 1. The van der Waals surface area contributed by atoms with E-state index in [4.69, 9.17) is 0 Å². The topological polar surface area (TPSA) is 113 Å². The molecule has 1 fully saturated rings. The van der Waals surface area contributed by atoms with Gasteiger partial charge < -0.3 is 15.2 Å². The SMILES string of the molecule is CCc1nnc(Nc2cc([C@@H]3CCCN3C(=O)/C=C/c3cnc[nH]3)nc(C)n2)s1. The Hall–Kier alpha value is -3.14. The van der Waals surface area contributed by atoms with Crippen LogP contribution in [-0.2, 0) is 11.2 Å². The number of carbonyl (C=O) groups excluding carboxylic acids is 1. The van der Waals surface area contributed by atoms with E-state index in [9.17, 15) is 4.79 Å².